The van der Waals surface area contributed by atoms with Gasteiger partial charge in [-0.2, -0.15) is 0 Å². The van der Waals surface area contributed by atoms with Crippen molar-refractivity contribution in [2.24, 2.45) is 0 Å². The number of hydrogen-bond acceptors (Lipinski definition) is 3. The lowest BCUT2D eigenvalue weighted by molar-refractivity contribution is 0.669. The Morgan fingerprint density at radius 3 is 1.22 bits per heavy atom. The van der Waals surface area contributed by atoms with E-state index in [0.29, 0.717) is 0 Å². The predicted molar refractivity (Wildman–Crippen MR) is 243 cm³/mol. The molecule has 0 bridgehead atoms. The molecular formula is C54H37N3O. The van der Waals surface area contributed by atoms with E-state index in [0.717, 1.165) is 83.9 Å². The molecule has 11 rings (SSSR count). The highest BCUT2D eigenvalue weighted by molar-refractivity contribution is 6.12. The van der Waals surface area contributed by atoms with Crippen molar-refractivity contribution in [3.8, 4) is 16.8 Å². The molecular weight excluding hydrogens is 707 g/mol. The molecule has 0 unspecified atom stereocenters. The third-order valence-corrected chi connectivity index (χ3v) is 11.1. The first-order valence-electron chi connectivity index (χ1n) is 19.7. The van der Waals surface area contributed by atoms with E-state index < -0.39 is 0 Å². The molecule has 0 saturated carbocycles. The molecule has 11 aromatic rings. The Hall–Kier alpha value is -7.82. The maximum Gasteiger partial charge on any atom is 0.135 e. The van der Waals surface area contributed by atoms with Crippen LogP contribution >= 0.6 is 0 Å². The van der Waals surface area contributed by atoms with E-state index in [1.807, 2.05) is 12.1 Å². The molecule has 2 aromatic heterocycles. The first kappa shape index (κ1) is 33.5. The van der Waals surface area contributed by atoms with Crippen molar-refractivity contribution in [1.29, 1.82) is 0 Å². The topological polar surface area (TPSA) is 24.6 Å². The summed E-state index contributed by atoms with van der Waals surface area (Å²) in [6, 6.07) is 79.9. The quantitative estimate of drug-likeness (QED) is 0.155. The van der Waals surface area contributed by atoms with E-state index in [-0.39, 0.29) is 0 Å². The van der Waals surface area contributed by atoms with Crippen molar-refractivity contribution in [2.45, 2.75) is 0 Å². The van der Waals surface area contributed by atoms with Crippen LogP contribution in [-0.4, -0.2) is 4.57 Å². The average molecular weight is 744 g/mol. The van der Waals surface area contributed by atoms with Crippen molar-refractivity contribution in [3.05, 3.63) is 224 Å². The Bertz CT molecular complexity index is 2990. The molecule has 274 valence electrons. The summed E-state index contributed by atoms with van der Waals surface area (Å²) in [7, 11) is 0. The fourth-order valence-electron chi connectivity index (χ4n) is 8.47. The average Bonchev–Trinajstić information content (AvgIpc) is 3.83. The molecule has 58 heavy (non-hydrogen) atoms. The number of aromatic nitrogens is 1. The fraction of sp³-hybridized carbons (Fsp3) is 0. The van der Waals surface area contributed by atoms with Gasteiger partial charge < -0.3 is 18.8 Å². The number of hydrogen-bond donors (Lipinski definition) is 0. The third kappa shape index (κ3) is 5.78. The molecule has 4 heteroatoms. The predicted octanol–water partition coefficient (Wildman–Crippen LogP) is 15.3. The SMILES string of the molecule is c1ccc(N(c2ccccc2)c2ccc3c(c2)c2cc(N(c4ccccc4)c4ccccc4)ccc2n3-c2ccc(-c3ccc4oc5ccccc5c4c3)cc2)cc1. The van der Waals surface area contributed by atoms with Crippen LogP contribution in [0.3, 0.4) is 0 Å². The largest absolute Gasteiger partial charge is 0.456 e. The standard InChI is InChI=1S/C54H37N3O/c1-5-15-40(16-6-1)55(41-17-7-2-8-18-41)45-30-32-51-48(36-45)49-37-46(56(42-19-9-3-10-20-42)43-21-11-4-12-22-43)31-33-52(49)57(51)44-28-25-38(26-29-44)39-27-34-54-50(35-39)47-23-13-14-24-53(47)58-54/h1-37H. The summed E-state index contributed by atoms with van der Waals surface area (Å²) < 4.78 is 8.53. The second-order valence-corrected chi connectivity index (χ2v) is 14.6. The molecule has 0 saturated heterocycles. The summed E-state index contributed by atoms with van der Waals surface area (Å²) in [4.78, 5) is 4.67. The van der Waals surface area contributed by atoms with Gasteiger partial charge in [0, 0.05) is 61.4 Å². The molecule has 0 amide bonds. The third-order valence-electron chi connectivity index (χ3n) is 11.1. The van der Waals surface area contributed by atoms with E-state index in [4.69, 9.17) is 4.42 Å². The van der Waals surface area contributed by atoms with E-state index >= 15 is 0 Å². The maximum absolute atomic E-state index is 6.13. The van der Waals surface area contributed by atoms with Crippen LogP contribution in [0.5, 0.6) is 0 Å². The highest BCUT2D eigenvalue weighted by atomic mass is 16.3. The number of furan rings is 1. The van der Waals surface area contributed by atoms with Crippen LogP contribution in [0.4, 0.5) is 34.1 Å². The Balaban J connectivity index is 1.10. The molecule has 0 aliphatic carbocycles. The van der Waals surface area contributed by atoms with E-state index in [1.165, 1.54) is 10.8 Å². The van der Waals surface area contributed by atoms with E-state index in [9.17, 15) is 0 Å². The molecule has 0 atom stereocenters. The van der Waals surface area contributed by atoms with Crippen molar-refractivity contribution < 1.29 is 4.42 Å². The van der Waals surface area contributed by atoms with Gasteiger partial charge in [0.25, 0.3) is 0 Å². The van der Waals surface area contributed by atoms with Gasteiger partial charge in [0.15, 0.2) is 0 Å². The minimum Gasteiger partial charge on any atom is -0.456 e. The maximum atomic E-state index is 6.13. The second-order valence-electron chi connectivity index (χ2n) is 14.6. The molecule has 4 nitrogen and oxygen atoms in total. The zero-order valence-corrected chi connectivity index (χ0v) is 31.6. The van der Waals surface area contributed by atoms with Crippen LogP contribution in [0.15, 0.2) is 229 Å². The van der Waals surface area contributed by atoms with Gasteiger partial charge in [-0.15, -0.1) is 0 Å². The van der Waals surface area contributed by atoms with Crippen LogP contribution in [0.2, 0.25) is 0 Å². The Morgan fingerprint density at radius 1 is 0.293 bits per heavy atom. The van der Waals surface area contributed by atoms with Gasteiger partial charge in [0.2, 0.25) is 0 Å². The minimum atomic E-state index is 0.904. The van der Waals surface area contributed by atoms with Crippen LogP contribution in [-0.2, 0) is 0 Å². The van der Waals surface area contributed by atoms with Crippen LogP contribution in [0, 0.1) is 0 Å². The van der Waals surface area contributed by atoms with Gasteiger partial charge >= 0.3 is 0 Å². The van der Waals surface area contributed by atoms with Gasteiger partial charge in [-0.05, 0) is 126 Å². The zero-order valence-electron chi connectivity index (χ0n) is 31.6. The van der Waals surface area contributed by atoms with Gasteiger partial charge in [-0.3, -0.25) is 0 Å². The fourth-order valence-corrected chi connectivity index (χ4v) is 8.47. The number of nitrogens with zero attached hydrogens (tertiary/aromatic N) is 3. The first-order valence-corrected chi connectivity index (χ1v) is 19.7. The van der Waals surface area contributed by atoms with E-state index in [1.54, 1.807) is 0 Å². The Labute approximate surface area is 336 Å². The molecule has 2 heterocycles. The number of fused-ring (bicyclic) bond motifs is 6. The van der Waals surface area contributed by atoms with Crippen LogP contribution in [0.1, 0.15) is 0 Å². The minimum absolute atomic E-state index is 0.904. The number of rotatable bonds is 8. The summed E-state index contributed by atoms with van der Waals surface area (Å²) in [5, 5.41) is 4.62. The van der Waals surface area contributed by atoms with Gasteiger partial charge in [-0.25, -0.2) is 0 Å². The molecule has 9 aromatic carbocycles. The van der Waals surface area contributed by atoms with Crippen LogP contribution < -0.4 is 9.80 Å². The Morgan fingerprint density at radius 2 is 0.724 bits per heavy atom. The summed E-state index contributed by atoms with van der Waals surface area (Å²) in [5.41, 5.74) is 14.1. The molecule has 0 radical (unpaired) electrons. The Kier molecular flexibility index (Phi) is 8.11. The van der Waals surface area contributed by atoms with Crippen molar-refractivity contribution in [1.82, 2.24) is 4.57 Å². The summed E-state index contributed by atoms with van der Waals surface area (Å²) in [6.45, 7) is 0. The monoisotopic (exact) mass is 743 g/mol. The molecule has 0 aliphatic rings. The summed E-state index contributed by atoms with van der Waals surface area (Å²) >= 11 is 0. The first-order chi connectivity index (χ1) is 28.8. The molecule has 0 aliphatic heterocycles. The highest BCUT2D eigenvalue weighted by Gasteiger charge is 2.20. The van der Waals surface area contributed by atoms with Gasteiger partial charge in [-0.1, -0.05) is 109 Å². The molecule has 0 spiro atoms. The second kappa shape index (κ2) is 14.0. The lowest BCUT2D eigenvalue weighted by atomic mass is 10.0. The smallest absolute Gasteiger partial charge is 0.135 e. The van der Waals surface area contributed by atoms with Crippen LogP contribution in [0.25, 0.3) is 60.6 Å². The highest BCUT2D eigenvalue weighted by Crippen LogP contribution is 2.43. The number of benzene rings is 9. The van der Waals surface area contributed by atoms with Gasteiger partial charge in [0.05, 0.1) is 11.0 Å². The van der Waals surface area contributed by atoms with Crippen molar-refractivity contribution >= 4 is 77.9 Å². The van der Waals surface area contributed by atoms with Crippen molar-refractivity contribution in [3.63, 3.8) is 0 Å². The summed E-state index contributed by atoms with van der Waals surface area (Å²) in [5.74, 6) is 0. The number of para-hydroxylation sites is 5. The lowest BCUT2D eigenvalue weighted by Crippen LogP contribution is -2.09. The summed E-state index contributed by atoms with van der Waals surface area (Å²) in [6.07, 6.45) is 0. The molecule has 0 fully saturated rings. The van der Waals surface area contributed by atoms with Gasteiger partial charge in [0.1, 0.15) is 11.2 Å². The van der Waals surface area contributed by atoms with Crippen molar-refractivity contribution in [2.75, 3.05) is 9.80 Å². The normalized spacial score (nSPS) is 11.4. The lowest BCUT2D eigenvalue weighted by Gasteiger charge is -2.26. The number of anilines is 6. The van der Waals surface area contributed by atoms with E-state index in [2.05, 4.69) is 227 Å². The molecule has 0 N–H and O–H groups in total. The zero-order chi connectivity index (χ0) is 38.4.